The molecule has 0 radical (unpaired) electrons. The summed E-state index contributed by atoms with van der Waals surface area (Å²) in [5, 5.41) is 13.6. The summed E-state index contributed by atoms with van der Waals surface area (Å²) in [5.41, 5.74) is 2.84. The number of hydrogen-bond acceptors (Lipinski definition) is 5. The highest BCUT2D eigenvalue weighted by Crippen LogP contribution is 2.23. The lowest BCUT2D eigenvalue weighted by molar-refractivity contribution is 0.0948. The average molecular weight is 326 g/mol. The van der Waals surface area contributed by atoms with E-state index in [2.05, 4.69) is 20.7 Å². The van der Waals surface area contributed by atoms with Crippen LogP contribution in [-0.4, -0.2) is 28.4 Å². The fourth-order valence-corrected chi connectivity index (χ4v) is 2.30. The maximum Gasteiger partial charge on any atom is 0.255 e. The number of carbonyl (C=O) groups is 1. The summed E-state index contributed by atoms with van der Waals surface area (Å²) in [4.78, 5) is 12.4. The van der Waals surface area contributed by atoms with Crippen LogP contribution in [0.15, 0.2) is 41.1 Å². The number of nitrogens with one attached hydrogen (secondary N) is 2. The molecule has 0 fully saturated rings. The number of benzene rings is 1. The Labute approximate surface area is 139 Å². The van der Waals surface area contributed by atoms with Crippen molar-refractivity contribution in [3.05, 3.63) is 53.5 Å². The number of nitrogens with zero attached hydrogens (tertiary/aromatic N) is 2. The minimum atomic E-state index is -0.232. The molecule has 0 unspecified atom stereocenters. The second kappa shape index (κ2) is 6.99. The van der Waals surface area contributed by atoms with E-state index in [4.69, 9.17) is 9.26 Å². The molecule has 7 heteroatoms. The second-order valence-electron chi connectivity index (χ2n) is 5.21. The Balaban J connectivity index is 1.72. The first kappa shape index (κ1) is 15.8. The predicted molar refractivity (Wildman–Crippen MR) is 87.6 cm³/mol. The van der Waals surface area contributed by atoms with Gasteiger partial charge < -0.3 is 14.6 Å². The topological polar surface area (TPSA) is 93.0 Å². The van der Waals surface area contributed by atoms with E-state index in [1.54, 1.807) is 7.11 Å². The molecule has 2 N–H and O–H groups in total. The minimum Gasteiger partial charge on any atom is -0.497 e. The van der Waals surface area contributed by atoms with Crippen molar-refractivity contribution in [2.75, 3.05) is 7.11 Å². The van der Waals surface area contributed by atoms with Gasteiger partial charge in [-0.2, -0.15) is 5.10 Å². The molecule has 1 aromatic carbocycles. The van der Waals surface area contributed by atoms with Crippen molar-refractivity contribution >= 4 is 5.91 Å². The number of amides is 1. The molecule has 0 aliphatic rings. The first-order valence-electron chi connectivity index (χ1n) is 7.61. The Morgan fingerprint density at radius 2 is 2.12 bits per heavy atom. The highest BCUT2D eigenvalue weighted by Gasteiger charge is 2.16. The lowest BCUT2D eigenvalue weighted by atomic mass is 10.1. The van der Waals surface area contributed by atoms with E-state index >= 15 is 0 Å². The summed E-state index contributed by atoms with van der Waals surface area (Å²) in [7, 11) is 1.61. The van der Waals surface area contributed by atoms with Crippen molar-refractivity contribution in [1.82, 2.24) is 20.7 Å². The van der Waals surface area contributed by atoms with E-state index < -0.39 is 0 Å². The molecule has 0 saturated carbocycles. The number of aromatic nitrogens is 3. The maximum absolute atomic E-state index is 12.4. The van der Waals surface area contributed by atoms with Gasteiger partial charge in [-0.1, -0.05) is 12.1 Å². The van der Waals surface area contributed by atoms with Gasteiger partial charge in [-0.15, -0.1) is 0 Å². The number of ether oxygens (including phenoxy) is 1. The molecule has 1 amide bonds. The fourth-order valence-electron chi connectivity index (χ4n) is 2.30. The molecule has 0 atom stereocenters. The molecule has 3 rings (SSSR count). The van der Waals surface area contributed by atoms with Gasteiger partial charge in [-0.05, 0) is 30.7 Å². The molecule has 0 bridgehead atoms. The number of rotatable bonds is 6. The fraction of sp³-hybridized carbons (Fsp3) is 0.235. The number of carbonyl (C=O) groups excluding carboxylic acids is 1. The van der Waals surface area contributed by atoms with Gasteiger partial charge in [0.15, 0.2) is 5.76 Å². The molecular formula is C17H18N4O3. The average Bonchev–Trinajstić information content (AvgIpc) is 3.29. The molecule has 2 aromatic heterocycles. The van der Waals surface area contributed by atoms with Crippen molar-refractivity contribution in [3.8, 4) is 17.0 Å². The van der Waals surface area contributed by atoms with Crippen LogP contribution in [0.5, 0.6) is 5.75 Å². The smallest absolute Gasteiger partial charge is 0.255 e. The zero-order valence-electron chi connectivity index (χ0n) is 13.5. The summed E-state index contributed by atoms with van der Waals surface area (Å²) >= 11 is 0. The quantitative estimate of drug-likeness (QED) is 0.726. The normalized spacial score (nSPS) is 10.6. The Morgan fingerprint density at radius 1 is 1.33 bits per heavy atom. The van der Waals surface area contributed by atoms with E-state index in [1.807, 2.05) is 37.3 Å². The Kier molecular flexibility index (Phi) is 4.60. The highest BCUT2D eigenvalue weighted by molar-refractivity contribution is 5.99. The molecule has 0 aliphatic carbocycles. The summed E-state index contributed by atoms with van der Waals surface area (Å²) in [5.74, 6) is 1.14. The van der Waals surface area contributed by atoms with Crippen LogP contribution >= 0.6 is 0 Å². The van der Waals surface area contributed by atoms with Gasteiger partial charge in [-0.25, -0.2) is 0 Å². The van der Waals surface area contributed by atoms with Gasteiger partial charge >= 0.3 is 0 Å². The van der Waals surface area contributed by atoms with E-state index in [9.17, 15) is 4.79 Å². The van der Waals surface area contributed by atoms with E-state index in [1.165, 1.54) is 6.20 Å². The van der Waals surface area contributed by atoms with Crippen LogP contribution in [0.4, 0.5) is 0 Å². The standard InChI is InChI=1S/C17H18N4O3/c1-3-12-8-14(24-21-12)9-18-17(22)15-10-19-20-16(15)11-4-6-13(23-2)7-5-11/h4-8,10H,3,9H2,1-2H3,(H,18,22)(H,19,20). The minimum absolute atomic E-state index is 0.232. The number of aromatic amines is 1. The number of H-pyrrole nitrogens is 1. The molecule has 3 aromatic rings. The summed E-state index contributed by atoms with van der Waals surface area (Å²) in [6.45, 7) is 2.27. The lowest BCUT2D eigenvalue weighted by Crippen LogP contribution is -2.22. The third-order valence-electron chi connectivity index (χ3n) is 3.66. The third kappa shape index (κ3) is 3.29. The molecule has 24 heavy (non-hydrogen) atoms. The molecule has 0 aliphatic heterocycles. The van der Waals surface area contributed by atoms with Gasteiger partial charge in [0.1, 0.15) is 5.75 Å². The zero-order chi connectivity index (χ0) is 16.9. The predicted octanol–water partition coefficient (Wildman–Crippen LogP) is 2.57. The van der Waals surface area contributed by atoms with Gasteiger partial charge in [0.2, 0.25) is 0 Å². The lowest BCUT2D eigenvalue weighted by Gasteiger charge is -2.05. The van der Waals surface area contributed by atoms with Crippen LogP contribution in [0, 0.1) is 0 Å². The van der Waals surface area contributed by atoms with Gasteiger partial charge in [0.05, 0.1) is 36.8 Å². The van der Waals surface area contributed by atoms with Crippen LogP contribution in [0.25, 0.3) is 11.3 Å². The maximum atomic E-state index is 12.4. The number of methoxy groups -OCH3 is 1. The van der Waals surface area contributed by atoms with Crippen molar-refractivity contribution in [2.24, 2.45) is 0 Å². The van der Waals surface area contributed by atoms with Crippen molar-refractivity contribution < 1.29 is 14.1 Å². The van der Waals surface area contributed by atoms with Crippen LogP contribution < -0.4 is 10.1 Å². The van der Waals surface area contributed by atoms with Crippen LogP contribution in [0.3, 0.4) is 0 Å². The van der Waals surface area contributed by atoms with Crippen LogP contribution in [-0.2, 0) is 13.0 Å². The molecule has 7 nitrogen and oxygen atoms in total. The van der Waals surface area contributed by atoms with Crippen molar-refractivity contribution in [2.45, 2.75) is 19.9 Å². The van der Waals surface area contributed by atoms with Crippen LogP contribution in [0.1, 0.15) is 28.7 Å². The molecular weight excluding hydrogens is 308 g/mol. The Hall–Kier alpha value is -3.09. The zero-order valence-corrected chi connectivity index (χ0v) is 13.5. The summed E-state index contributed by atoms with van der Waals surface area (Å²) in [6, 6.07) is 9.23. The van der Waals surface area contributed by atoms with E-state index in [0.29, 0.717) is 17.0 Å². The van der Waals surface area contributed by atoms with E-state index in [0.717, 1.165) is 23.4 Å². The van der Waals surface area contributed by atoms with Crippen molar-refractivity contribution in [3.63, 3.8) is 0 Å². The molecule has 2 heterocycles. The van der Waals surface area contributed by atoms with E-state index in [-0.39, 0.29) is 12.5 Å². The monoisotopic (exact) mass is 326 g/mol. The Bertz CT molecular complexity index is 820. The first-order chi connectivity index (χ1) is 11.7. The second-order valence-corrected chi connectivity index (χ2v) is 5.21. The highest BCUT2D eigenvalue weighted by atomic mass is 16.5. The number of hydrogen-bond donors (Lipinski definition) is 2. The summed E-state index contributed by atoms with van der Waals surface area (Å²) in [6.07, 6.45) is 2.30. The van der Waals surface area contributed by atoms with Gasteiger partial charge in [0, 0.05) is 11.6 Å². The summed E-state index contributed by atoms with van der Waals surface area (Å²) < 4.78 is 10.3. The molecule has 124 valence electrons. The van der Waals surface area contributed by atoms with Crippen molar-refractivity contribution in [1.29, 1.82) is 0 Å². The van der Waals surface area contributed by atoms with Gasteiger partial charge in [0.25, 0.3) is 5.91 Å². The number of aryl methyl sites for hydroxylation is 1. The van der Waals surface area contributed by atoms with Gasteiger partial charge in [-0.3, -0.25) is 9.89 Å². The SMILES string of the molecule is CCc1cc(CNC(=O)c2cn[nH]c2-c2ccc(OC)cc2)on1. The molecule has 0 spiro atoms. The molecule has 0 saturated heterocycles. The largest absolute Gasteiger partial charge is 0.497 e. The first-order valence-corrected chi connectivity index (χ1v) is 7.61. The van der Waals surface area contributed by atoms with Crippen LogP contribution in [0.2, 0.25) is 0 Å². The third-order valence-corrected chi connectivity index (χ3v) is 3.66. The Morgan fingerprint density at radius 3 is 2.79 bits per heavy atom.